The van der Waals surface area contributed by atoms with E-state index in [0.29, 0.717) is 51.9 Å². The maximum Gasteiger partial charge on any atom is 0.255 e. The van der Waals surface area contributed by atoms with Gasteiger partial charge in [0.15, 0.2) is 17.3 Å². The number of carbonyl (C=O) groups is 2. The van der Waals surface area contributed by atoms with Crippen molar-refractivity contribution in [2.45, 2.75) is 39.0 Å². The number of Topliss-reactive ketones (excluding diaryl/α,β-unsaturated/α-hetero) is 1. The summed E-state index contributed by atoms with van der Waals surface area (Å²) in [6.45, 7) is 3.78. The summed E-state index contributed by atoms with van der Waals surface area (Å²) in [5.74, 6) is 0.959. The van der Waals surface area contributed by atoms with E-state index in [2.05, 4.69) is 15.6 Å². The number of amides is 1. The highest BCUT2D eigenvalue weighted by molar-refractivity contribution is 6.09. The molecule has 0 radical (unpaired) electrons. The highest BCUT2D eigenvalue weighted by atomic mass is 16.5. The van der Waals surface area contributed by atoms with Gasteiger partial charge in [0.25, 0.3) is 5.91 Å². The lowest BCUT2D eigenvalue weighted by Crippen LogP contribution is -2.35. The molecule has 2 aliphatic rings. The Morgan fingerprint density at radius 1 is 1.03 bits per heavy atom. The Morgan fingerprint density at radius 3 is 2.38 bits per heavy atom. The lowest BCUT2D eigenvalue weighted by atomic mass is 9.74. The Morgan fingerprint density at radius 2 is 1.74 bits per heavy atom. The van der Waals surface area contributed by atoms with Crippen molar-refractivity contribution in [3.05, 3.63) is 64.1 Å². The number of dihydropyridines is 1. The second kappa shape index (κ2) is 9.59. The Balaban J connectivity index is 1.88. The number of pyridine rings is 1. The molecule has 0 spiro atoms. The number of methoxy groups -OCH3 is 3. The van der Waals surface area contributed by atoms with Gasteiger partial charge in [0, 0.05) is 46.8 Å². The summed E-state index contributed by atoms with van der Waals surface area (Å²) in [4.78, 5) is 31.1. The number of rotatable bonds is 6. The summed E-state index contributed by atoms with van der Waals surface area (Å²) in [6, 6.07) is 7.13. The maximum absolute atomic E-state index is 13.6. The zero-order valence-corrected chi connectivity index (χ0v) is 20.1. The first-order valence-corrected chi connectivity index (χ1v) is 11.2. The van der Waals surface area contributed by atoms with Crippen molar-refractivity contribution in [1.82, 2.24) is 10.3 Å². The molecule has 0 unspecified atom stereocenters. The number of nitrogens with zero attached hydrogens (tertiary/aromatic N) is 1. The summed E-state index contributed by atoms with van der Waals surface area (Å²) in [5.41, 5.74) is 4.20. The second-order valence-electron chi connectivity index (χ2n) is 8.39. The number of aryl methyl sites for hydroxylation is 1. The molecule has 1 aliphatic carbocycles. The second-order valence-corrected chi connectivity index (χ2v) is 8.39. The number of carbonyl (C=O) groups excluding carboxylic acids is 2. The summed E-state index contributed by atoms with van der Waals surface area (Å²) >= 11 is 0. The first kappa shape index (κ1) is 23.4. The molecule has 0 saturated heterocycles. The van der Waals surface area contributed by atoms with Crippen LogP contribution in [0.2, 0.25) is 0 Å². The van der Waals surface area contributed by atoms with Crippen LogP contribution < -0.4 is 24.8 Å². The fourth-order valence-corrected chi connectivity index (χ4v) is 4.60. The van der Waals surface area contributed by atoms with Gasteiger partial charge in [-0.15, -0.1) is 0 Å². The van der Waals surface area contributed by atoms with Crippen molar-refractivity contribution in [3.63, 3.8) is 0 Å². The number of hydrogen-bond donors (Lipinski definition) is 2. The molecule has 1 amide bonds. The van der Waals surface area contributed by atoms with Gasteiger partial charge < -0.3 is 24.8 Å². The van der Waals surface area contributed by atoms with E-state index in [0.717, 1.165) is 24.1 Å². The summed E-state index contributed by atoms with van der Waals surface area (Å²) in [5, 5.41) is 6.21. The van der Waals surface area contributed by atoms with E-state index < -0.39 is 5.92 Å². The van der Waals surface area contributed by atoms with Gasteiger partial charge in [-0.2, -0.15) is 0 Å². The predicted molar refractivity (Wildman–Crippen MR) is 128 cm³/mol. The third-order valence-electron chi connectivity index (χ3n) is 6.22. The predicted octanol–water partition coefficient (Wildman–Crippen LogP) is 4.02. The molecule has 0 bridgehead atoms. The van der Waals surface area contributed by atoms with E-state index >= 15 is 0 Å². The lowest BCUT2D eigenvalue weighted by Gasteiger charge is -2.35. The van der Waals surface area contributed by atoms with Crippen molar-refractivity contribution in [1.29, 1.82) is 0 Å². The molecule has 8 nitrogen and oxygen atoms in total. The monoisotopic (exact) mass is 463 g/mol. The maximum atomic E-state index is 13.6. The zero-order valence-electron chi connectivity index (χ0n) is 20.1. The van der Waals surface area contributed by atoms with Crippen LogP contribution in [0.5, 0.6) is 17.2 Å². The summed E-state index contributed by atoms with van der Waals surface area (Å²) in [6.07, 6.45) is 3.62. The topological polar surface area (TPSA) is 98.8 Å². The molecule has 2 aromatic rings. The summed E-state index contributed by atoms with van der Waals surface area (Å²) < 4.78 is 16.7. The van der Waals surface area contributed by atoms with Crippen LogP contribution in [0, 0.1) is 6.92 Å². The van der Waals surface area contributed by atoms with Gasteiger partial charge in [0.2, 0.25) is 0 Å². The van der Waals surface area contributed by atoms with Gasteiger partial charge in [-0.05, 0) is 44.4 Å². The number of ketones is 1. The lowest BCUT2D eigenvalue weighted by molar-refractivity contribution is -0.116. The van der Waals surface area contributed by atoms with Crippen LogP contribution in [-0.2, 0) is 9.59 Å². The molecule has 4 rings (SSSR count). The number of ether oxygens (including phenoxy) is 3. The Bertz CT molecular complexity index is 1200. The molecule has 2 heterocycles. The SMILES string of the molecule is COc1cc(OC)c([C@H]2C(C(=O)Nc3ccc(C)cn3)=C(C)NC3=C2C(=O)CCC3)cc1OC. The normalized spacial score (nSPS) is 17.7. The van der Waals surface area contributed by atoms with Gasteiger partial charge in [0.05, 0.1) is 27.2 Å². The van der Waals surface area contributed by atoms with Gasteiger partial charge in [-0.25, -0.2) is 4.98 Å². The van der Waals surface area contributed by atoms with Crippen LogP contribution >= 0.6 is 0 Å². The molecule has 0 saturated carbocycles. The van der Waals surface area contributed by atoms with Crippen molar-refractivity contribution in [2.75, 3.05) is 26.6 Å². The average molecular weight is 464 g/mol. The first-order chi connectivity index (χ1) is 16.4. The van der Waals surface area contributed by atoms with E-state index in [1.54, 1.807) is 45.7 Å². The molecular weight excluding hydrogens is 434 g/mol. The van der Waals surface area contributed by atoms with Gasteiger partial charge >= 0.3 is 0 Å². The van der Waals surface area contributed by atoms with E-state index in [1.165, 1.54) is 0 Å². The van der Waals surface area contributed by atoms with Crippen LogP contribution in [0.15, 0.2) is 53.0 Å². The minimum absolute atomic E-state index is 0.0156. The quantitative estimate of drug-likeness (QED) is 0.668. The molecule has 1 aromatic carbocycles. The zero-order chi connectivity index (χ0) is 24.4. The Hall–Kier alpha value is -3.81. The van der Waals surface area contributed by atoms with E-state index in [1.807, 2.05) is 19.9 Å². The van der Waals surface area contributed by atoms with Crippen LogP contribution in [0.25, 0.3) is 0 Å². The molecule has 0 fully saturated rings. The Kier molecular flexibility index (Phi) is 6.58. The number of hydrogen-bond acceptors (Lipinski definition) is 7. The van der Waals surface area contributed by atoms with E-state index in [4.69, 9.17) is 14.2 Å². The number of nitrogens with one attached hydrogen (secondary N) is 2. The molecule has 178 valence electrons. The summed E-state index contributed by atoms with van der Waals surface area (Å²) in [7, 11) is 4.64. The molecule has 8 heteroatoms. The average Bonchev–Trinajstić information content (AvgIpc) is 2.83. The third-order valence-corrected chi connectivity index (χ3v) is 6.22. The molecule has 1 atom stereocenters. The molecule has 1 aliphatic heterocycles. The number of anilines is 1. The minimum Gasteiger partial charge on any atom is -0.496 e. The Labute approximate surface area is 199 Å². The molecular formula is C26H29N3O5. The van der Waals surface area contributed by atoms with Crippen molar-refractivity contribution in [3.8, 4) is 17.2 Å². The molecule has 1 aromatic heterocycles. The van der Waals surface area contributed by atoms with Crippen LogP contribution in [0.3, 0.4) is 0 Å². The highest BCUT2D eigenvalue weighted by Gasteiger charge is 2.40. The van der Waals surface area contributed by atoms with Gasteiger partial charge in [-0.3, -0.25) is 9.59 Å². The number of allylic oxidation sites excluding steroid dienone is 3. The minimum atomic E-state index is -0.635. The van der Waals surface area contributed by atoms with Gasteiger partial charge in [-0.1, -0.05) is 6.07 Å². The van der Waals surface area contributed by atoms with Gasteiger partial charge in [0.1, 0.15) is 11.6 Å². The largest absolute Gasteiger partial charge is 0.496 e. The van der Waals surface area contributed by atoms with Crippen LogP contribution in [0.1, 0.15) is 43.2 Å². The van der Waals surface area contributed by atoms with E-state index in [-0.39, 0.29) is 11.7 Å². The number of benzene rings is 1. The third kappa shape index (κ3) is 4.23. The fraction of sp³-hybridized carbons (Fsp3) is 0.346. The smallest absolute Gasteiger partial charge is 0.255 e. The number of aromatic nitrogens is 1. The van der Waals surface area contributed by atoms with Crippen molar-refractivity contribution < 1.29 is 23.8 Å². The molecule has 34 heavy (non-hydrogen) atoms. The highest BCUT2D eigenvalue weighted by Crippen LogP contribution is 2.48. The molecule has 2 N–H and O–H groups in total. The van der Waals surface area contributed by atoms with Crippen molar-refractivity contribution in [2.24, 2.45) is 0 Å². The fourth-order valence-electron chi connectivity index (χ4n) is 4.60. The van der Waals surface area contributed by atoms with E-state index in [9.17, 15) is 9.59 Å². The first-order valence-electron chi connectivity index (χ1n) is 11.2. The van der Waals surface area contributed by atoms with Crippen molar-refractivity contribution >= 4 is 17.5 Å². The standard InChI is InChI=1S/C26H29N3O5/c1-14-9-10-22(27-13-14)29-26(31)23-15(2)28-17-7-6-8-18(30)25(17)24(23)16-11-20(33-4)21(34-5)12-19(16)32-3/h9-13,24,28H,6-8H2,1-5H3,(H,27,29,31)/t24-/m0/s1. The van der Waals surface area contributed by atoms with Crippen LogP contribution in [-0.4, -0.2) is 38.0 Å². The van der Waals surface area contributed by atoms with Crippen LogP contribution in [0.4, 0.5) is 5.82 Å².